The average Bonchev–Trinajstić information content (AvgIpc) is 2.72. The molecule has 2 N–H and O–H groups in total. The van der Waals surface area contributed by atoms with Crippen molar-refractivity contribution in [3.8, 4) is 5.75 Å². The van der Waals surface area contributed by atoms with Crippen LogP contribution in [0.4, 0.5) is 5.69 Å². The van der Waals surface area contributed by atoms with E-state index in [0.29, 0.717) is 29.0 Å². The van der Waals surface area contributed by atoms with Gasteiger partial charge < -0.3 is 19.9 Å². The first-order valence-electron chi connectivity index (χ1n) is 9.28. The molecule has 0 aliphatic carbocycles. The molecular formula is C21H20N4O4. The van der Waals surface area contributed by atoms with E-state index in [1.54, 1.807) is 41.0 Å². The summed E-state index contributed by atoms with van der Waals surface area (Å²) in [5, 5.41) is 0.372. The predicted molar refractivity (Wildman–Crippen MR) is 108 cm³/mol. The minimum Gasteiger partial charge on any atom is -0.477 e. The van der Waals surface area contributed by atoms with E-state index < -0.39 is 23.3 Å². The van der Waals surface area contributed by atoms with Crippen LogP contribution >= 0.6 is 0 Å². The molecule has 148 valence electrons. The van der Waals surface area contributed by atoms with E-state index in [0.717, 1.165) is 5.69 Å². The monoisotopic (exact) mass is 392 g/mol. The van der Waals surface area contributed by atoms with Gasteiger partial charge in [-0.25, -0.2) is 4.98 Å². The van der Waals surface area contributed by atoms with Crippen LogP contribution < -0.4 is 20.8 Å². The Labute approximate surface area is 166 Å². The molecule has 0 saturated carbocycles. The molecule has 2 aromatic heterocycles. The molecule has 1 aliphatic heterocycles. The highest BCUT2D eigenvalue weighted by molar-refractivity contribution is 6.08. The van der Waals surface area contributed by atoms with E-state index >= 15 is 0 Å². The number of hydrogen-bond donors (Lipinski definition) is 1. The normalized spacial score (nSPS) is 15.7. The smallest absolute Gasteiger partial charge is 0.264 e. The fourth-order valence-electron chi connectivity index (χ4n) is 3.47. The standard InChI is InChI=1S/C21H20N4O4/c1-3-24-10-14(18(26)13-9-8-12(2)23-20(13)24)21(28)25-11-17(19(22)27)29-16-7-5-4-6-15(16)25/h4-10,17H,3,11H2,1-2H3,(H2,22,27)/t17-/m0/s1. The van der Waals surface area contributed by atoms with Gasteiger partial charge in [-0.1, -0.05) is 12.1 Å². The van der Waals surface area contributed by atoms with Gasteiger partial charge in [0, 0.05) is 18.4 Å². The number of primary amides is 1. The first kappa shape index (κ1) is 18.7. The summed E-state index contributed by atoms with van der Waals surface area (Å²) >= 11 is 0. The highest BCUT2D eigenvalue weighted by Gasteiger charge is 2.34. The van der Waals surface area contributed by atoms with Gasteiger partial charge in [0.25, 0.3) is 11.8 Å². The lowest BCUT2D eigenvalue weighted by Crippen LogP contribution is -2.50. The summed E-state index contributed by atoms with van der Waals surface area (Å²) in [6.07, 6.45) is 0.531. The number of anilines is 1. The number of benzene rings is 1. The first-order valence-corrected chi connectivity index (χ1v) is 9.28. The van der Waals surface area contributed by atoms with Crippen LogP contribution in [0, 0.1) is 6.92 Å². The van der Waals surface area contributed by atoms with Crippen LogP contribution in [0.15, 0.2) is 47.4 Å². The Kier molecular flexibility index (Phi) is 4.54. The van der Waals surface area contributed by atoms with Gasteiger partial charge in [0.2, 0.25) is 5.43 Å². The molecule has 0 spiro atoms. The van der Waals surface area contributed by atoms with E-state index in [4.69, 9.17) is 10.5 Å². The lowest BCUT2D eigenvalue weighted by atomic mass is 10.1. The Balaban J connectivity index is 1.87. The summed E-state index contributed by atoms with van der Waals surface area (Å²) < 4.78 is 7.38. The largest absolute Gasteiger partial charge is 0.477 e. The van der Waals surface area contributed by atoms with Crippen molar-refractivity contribution in [2.45, 2.75) is 26.5 Å². The third-order valence-electron chi connectivity index (χ3n) is 4.97. The molecule has 1 aliphatic rings. The molecule has 29 heavy (non-hydrogen) atoms. The number of fused-ring (bicyclic) bond motifs is 2. The van der Waals surface area contributed by atoms with Gasteiger partial charge in [-0.15, -0.1) is 0 Å². The Hall–Kier alpha value is -3.68. The number of aryl methyl sites for hydroxylation is 2. The molecular weight excluding hydrogens is 372 g/mol. The van der Waals surface area contributed by atoms with Crippen LogP contribution in [-0.4, -0.2) is 34.0 Å². The Morgan fingerprint density at radius 2 is 2.00 bits per heavy atom. The zero-order chi connectivity index (χ0) is 20.7. The lowest BCUT2D eigenvalue weighted by molar-refractivity contribution is -0.124. The number of pyridine rings is 2. The summed E-state index contributed by atoms with van der Waals surface area (Å²) in [5.74, 6) is -0.826. The average molecular weight is 392 g/mol. The van der Waals surface area contributed by atoms with Crippen molar-refractivity contribution in [2.75, 3.05) is 11.4 Å². The van der Waals surface area contributed by atoms with Gasteiger partial charge in [0.1, 0.15) is 17.0 Å². The van der Waals surface area contributed by atoms with Crippen LogP contribution in [0.25, 0.3) is 11.0 Å². The molecule has 1 aromatic carbocycles. The zero-order valence-electron chi connectivity index (χ0n) is 16.1. The molecule has 3 heterocycles. The van der Waals surface area contributed by atoms with E-state index in [9.17, 15) is 14.4 Å². The van der Waals surface area contributed by atoms with Gasteiger partial charge in [-0.3, -0.25) is 14.4 Å². The maximum Gasteiger partial charge on any atom is 0.264 e. The summed E-state index contributed by atoms with van der Waals surface area (Å²) in [4.78, 5) is 44.1. The third-order valence-corrected chi connectivity index (χ3v) is 4.97. The van der Waals surface area contributed by atoms with Crippen LogP contribution in [0.3, 0.4) is 0 Å². The molecule has 0 fully saturated rings. The molecule has 0 unspecified atom stereocenters. The summed E-state index contributed by atoms with van der Waals surface area (Å²) in [7, 11) is 0. The lowest BCUT2D eigenvalue weighted by Gasteiger charge is -2.33. The maximum atomic E-state index is 13.4. The highest BCUT2D eigenvalue weighted by atomic mass is 16.5. The van der Waals surface area contributed by atoms with E-state index in [2.05, 4.69) is 4.98 Å². The summed E-state index contributed by atoms with van der Waals surface area (Å²) in [6, 6.07) is 10.3. The van der Waals surface area contributed by atoms with Gasteiger partial charge in [-0.2, -0.15) is 0 Å². The molecule has 0 radical (unpaired) electrons. The Morgan fingerprint density at radius 3 is 2.72 bits per heavy atom. The van der Waals surface area contributed by atoms with Crippen LogP contribution in [0.5, 0.6) is 5.75 Å². The Bertz CT molecular complexity index is 1200. The van der Waals surface area contributed by atoms with Crippen molar-refractivity contribution in [1.82, 2.24) is 9.55 Å². The fraction of sp³-hybridized carbons (Fsp3) is 0.238. The minimum absolute atomic E-state index is 0.00456. The molecule has 4 rings (SSSR count). The van der Waals surface area contributed by atoms with Gasteiger partial charge in [0.15, 0.2) is 6.10 Å². The van der Waals surface area contributed by atoms with Crippen LogP contribution in [0.1, 0.15) is 23.0 Å². The minimum atomic E-state index is -0.993. The molecule has 8 nitrogen and oxygen atoms in total. The van der Waals surface area contributed by atoms with Crippen molar-refractivity contribution in [3.63, 3.8) is 0 Å². The number of rotatable bonds is 3. The van der Waals surface area contributed by atoms with Crippen molar-refractivity contribution in [1.29, 1.82) is 0 Å². The zero-order valence-corrected chi connectivity index (χ0v) is 16.1. The van der Waals surface area contributed by atoms with Crippen molar-refractivity contribution < 1.29 is 14.3 Å². The van der Waals surface area contributed by atoms with Crippen LogP contribution in [-0.2, 0) is 11.3 Å². The van der Waals surface area contributed by atoms with E-state index in [-0.39, 0.29) is 12.1 Å². The van der Waals surface area contributed by atoms with Crippen molar-refractivity contribution >= 4 is 28.5 Å². The summed E-state index contributed by atoms with van der Waals surface area (Å²) in [6.45, 7) is 4.23. The topological polar surface area (TPSA) is 108 Å². The number of aromatic nitrogens is 2. The molecule has 0 bridgehead atoms. The second-order valence-corrected chi connectivity index (χ2v) is 6.87. The molecule has 8 heteroatoms. The number of carbonyl (C=O) groups is 2. The first-order chi connectivity index (χ1) is 13.9. The van der Waals surface area contributed by atoms with Gasteiger partial charge in [-0.05, 0) is 38.1 Å². The number of nitrogens with two attached hydrogens (primary N) is 1. The molecule has 2 amide bonds. The number of hydrogen-bond acceptors (Lipinski definition) is 5. The number of ether oxygens (including phenoxy) is 1. The second-order valence-electron chi connectivity index (χ2n) is 6.87. The molecule has 0 saturated heterocycles. The van der Waals surface area contributed by atoms with E-state index in [1.165, 1.54) is 11.1 Å². The van der Waals surface area contributed by atoms with Crippen molar-refractivity contribution in [2.24, 2.45) is 5.73 Å². The molecule has 1 atom stereocenters. The van der Waals surface area contributed by atoms with E-state index in [1.807, 2.05) is 13.8 Å². The fourth-order valence-corrected chi connectivity index (χ4v) is 3.47. The van der Waals surface area contributed by atoms with Gasteiger partial charge in [0.05, 0.1) is 17.6 Å². The number of nitrogens with zero attached hydrogens (tertiary/aromatic N) is 3. The van der Waals surface area contributed by atoms with Crippen molar-refractivity contribution in [3.05, 3.63) is 64.1 Å². The SMILES string of the molecule is CCn1cc(C(=O)N2C[C@@H](C(N)=O)Oc3ccccc32)c(=O)c2ccc(C)nc21. The Morgan fingerprint density at radius 1 is 1.24 bits per heavy atom. The van der Waals surface area contributed by atoms with Crippen LogP contribution in [0.2, 0.25) is 0 Å². The number of para-hydroxylation sites is 2. The maximum absolute atomic E-state index is 13.4. The third kappa shape index (κ3) is 3.12. The quantitative estimate of drug-likeness (QED) is 0.729. The molecule has 3 aromatic rings. The number of amides is 2. The highest BCUT2D eigenvalue weighted by Crippen LogP contribution is 2.33. The predicted octanol–water partition coefficient (Wildman–Crippen LogP) is 1.62. The second kappa shape index (κ2) is 7.05. The van der Waals surface area contributed by atoms with Gasteiger partial charge >= 0.3 is 0 Å². The summed E-state index contributed by atoms with van der Waals surface area (Å²) in [5.41, 5.74) is 6.82. The number of carbonyl (C=O) groups excluding carboxylic acids is 2.